The predicted octanol–water partition coefficient (Wildman–Crippen LogP) is 3.61. The molecule has 1 atom stereocenters. The summed E-state index contributed by atoms with van der Waals surface area (Å²) in [6.07, 6.45) is 5.15. The van der Waals surface area contributed by atoms with Gasteiger partial charge in [0.25, 0.3) is 0 Å². The Bertz CT molecular complexity index is 761. The van der Waals surface area contributed by atoms with Crippen LogP contribution in [0, 0.1) is 6.92 Å². The van der Waals surface area contributed by atoms with Crippen LogP contribution in [-0.2, 0) is 19.4 Å². The maximum atomic E-state index is 4.42. The minimum Gasteiger partial charge on any atom is -0.356 e. The normalized spacial score (nSPS) is 15.5. The molecule has 0 spiro atoms. The summed E-state index contributed by atoms with van der Waals surface area (Å²) in [6, 6.07) is 9.34. The maximum absolute atomic E-state index is 4.42. The number of nitrogens with zero attached hydrogens (tertiary/aromatic N) is 3. The summed E-state index contributed by atoms with van der Waals surface area (Å²) in [5, 5.41) is 8.10. The van der Waals surface area contributed by atoms with E-state index in [9.17, 15) is 0 Å². The van der Waals surface area contributed by atoms with E-state index >= 15 is 0 Å². The molecule has 154 valence electrons. The molecule has 0 fully saturated rings. The van der Waals surface area contributed by atoms with E-state index in [2.05, 4.69) is 63.6 Å². The second-order valence-corrected chi connectivity index (χ2v) is 8.37. The number of hydrogen-bond acceptors (Lipinski definition) is 4. The van der Waals surface area contributed by atoms with Gasteiger partial charge in [0.15, 0.2) is 5.96 Å². The van der Waals surface area contributed by atoms with Crippen LogP contribution in [0.3, 0.4) is 0 Å². The van der Waals surface area contributed by atoms with Gasteiger partial charge >= 0.3 is 0 Å². The number of benzene rings is 1. The third-order valence-electron chi connectivity index (χ3n) is 5.18. The van der Waals surface area contributed by atoms with Gasteiger partial charge in [-0.3, -0.25) is 9.89 Å². The predicted molar refractivity (Wildman–Crippen MR) is 130 cm³/mol. The lowest BCUT2D eigenvalue weighted by atomic mass is 9.98. The minimum absolute atomic E-state index is 0. The average Bonchev–Trinajstić information content (AvgIpc) is 3.12. The van der Waals surface area contributed by atoms with Crippen molar-refractivity contribution in [2.75, 3.05) is 26.7 Å². The molecule has 7 heteroatoms. The number of fused-ring (bicyclic) bond motifs is 1. The fourth-order valence-corrected chi connectivity index (χ4v) is 4.39. The number of thiazole rings is 1. The molecule has 1 aromatic carbocycles. The number of hydrogen-bond donors (Lipinski definition) is 2. The zero-order valence-electron chi connectivity index (χ0n) is 17.1. The maximum Gasteiger partial charge on any atom is 0.191 e. The van der Waals surface area contributed by atoms with E-state index in [0.717, 1.165) is 51.4 Å². The molecular weight excluding hydrogens is 481 g/mol. The van der Waals surface area contributed by atoms with Gasteiger partial charge < -0.3 is 10.6 Å². The summed E-state index contributed by atoms with van der Waals surface area (Å²) in [6.45, 7) is 8.31. The number of halogens is 1. The number of rotatable bonds is 7. The van der Waals surface area contributed by atoms with Crippen LogP contribution >= 0.6 is 35.3 Å². The zero-order chi connectivity index (χ0) is 19.1. The highest BCUT2D eigenvalue weighted by Crippen LogP contribution is 2.21. The lowest BCUT2D eigenvalue weighted by Crippen LogP contribution is -2.48. The molecule has 5 nitrogen and oxygen atoms in total. The first-order chi connectivity index (χ1) is 13.2. The van der Waals surface area contributed by atoms with Crippen molar-refractivity contribution in [3.8, 4) is 0 Å². The number of nitrogens with one attached hydrogen (secondary N) is 2. The van der Waals surface area contributed by atoms with Crippen LogP contribution in [0.2, 0.25) is 0 Å². The van der Waals surface area contributed by atoms with Crippen molar-refractivity contribution in [3.05, 3.63) is 51.5 Å². The highest BCUT2D eigenvalue weighted by atomic mass is 127. The van der Waals surface area contributed by atoms with Crippen molar-refractivity contribution in [2.24, 2.45) is 4.99 Å². The molecule has 0 aliphatic carbocycles. The lowest BCUT2D eigenvalue weighted by molar-refractivity contribution is 0.174. The van der Waals surface area contributed by atoms with Gasteiger partial charge in [-0.2, -0.15) is 0 Å². The molecule has 2 heterocycles. The first kappa shape index (κ1) is 23.1. The fraction of sp³-hybridized carbons (Fsp3) is 0.524. The standard InChI is InChI=1S/C21H31N5S.HI/c1-4-19(26-12-10-17-7-5-6-8-18(17)15-26)14-25-21(22-3)23-11-9-20-24-13-16(2)27-20;/h5-8,13,19H,4,9-12,14-15H2,1-3H3,(H2,22,23,25);1H. The number of guanidine groups is 1. The van der Waals surface area contributed by atoms with Gasteiger partial charge in [-0.25, -0.2) is 4.98 Å². The lowest BCUT2D eigenvalue weighted by Gasteiger charge is -2.35. The summed E-state index contributed by atoms with van der Waals surface area (Å²) in [7, 11) is 1.83. The second kappa shape index (κ2) is 11.7. The van der Waals surface area contributed by atoms with Crippen molar-refractivity contribution in [1.82, 2.24) is 20.5 Å². The molecule has 0 amide bonds. The SMILES string of the molecule is CCC(CNC(=NC)NCCc1ncc(C)s1)N1CCc2ccccc2C1.I. The summed E-state index contributed by atoms with van der Waals surface area (Å²) >= 11 is 1.76. The summed E-state index contributed by atoms with van der Waals surface area (Å²) in [5.41, 5.74) is 2.98. The summed E-state index contributed by atoms with van der Waals surface area (Å²) in [4.78, 5) is 12.7. The number of aliphatic imine (C=N–C) groups is 1. The Hall–Kier alpha value is -1.19. The molecule has 3 rings (SSSR count). The van der Waals surface area contributed by atoms with E-state index in [4.69, 9.17) is 0 Å². The Labute approximate surface area is 190 Å². The first-order valence-electron chi connectivity index (χ1n) is 9.86. The quantitative estimate of drug-likeness (QED) is 0.338. The van der Waals surface area contributed by atoms with E-state index < -0.39 is 0 Å². The van der Waals surface area contributed by atoms with Crippen LogP contribution < -0.4 is 10.6 Å². The van der Waals surface area contributed by atoms with E-state index in [1.165, 1.54) is 21.0 Å². The topological polar surface area (TPSA) is 52.6 Å². The van der Waals surface area contributed by atoms with E-state index in [1.807, 2.05) is 13.2 Å². The van der Waals surface area contributed by atoms with Crippen molar-refractivity contribution in [2.45, 2.75) is 45.7 Å². The molecule has 0 radical (unpaired) electrons. The zero-order valence-corrected chi connectivity index (χ0v) is 20.2. The van der Waals surface area contributed by atoms with Crippen molar-refractivity contribution in [3.63, 3.8) is 0 Å². The average molecular weight is 513 g/mol. The van der Waals surface area contributed by atoms with Crippen LogP contribution in [-0.4, -0.2) is 48.6 Å². The van der Waals surface area contributed by atoms with E-state index in [-0.39, 0.29) is 24.0 Å². The van der Waals surface area contributed by atoms with Crippen molar-refractivity contribution in [1.29, 1.82) is 0 Å². The summed E-state index contributed by atoms with van der Waals surface area (Å²) < 4.78 is 0. The van der Waals surface area contributed by atoms with Crippen LogP contribution in [0.4, 0.5) is 0 Å². The van der Waals surface area contributed by atoms with Gasteiger partial charge in [0, 0.05) is 56.8 Å². The molecule has 28 heavy (non-hydrogen) atoms. The smallest absolute Gasteiger partial charge is 0.191 e. The van der Waals surface area contributed by atoms with E-state index in [1.54, 1.807) is 11.3 Å². The largest absolute Gasteiger partial charge is 0.356 e. The summed E-state index contributed by atoms with van der Waals surface area (Å²) in [5.74, 6) is 0.874. The van der Waals surface area contributed by atoms with Gasteiger partial charge in [0.1, 0.15) is 0 Å². The van der Waals surface area contributed by atoms with Gasteiger partial charge in [0.2, 0.25) is 0 Å². The Morgan fingerprint density at radius 1 is 1.29 bits per heavy atom. The number of aromatic nitrogens is 1. The Morgan fingerprint density at radius 3 is 2.75 bits per heavy atom. The van der Waals surface area contributed by atoms with Crippen molar-refractivity contribution >= 4 is 41.3 Å². The highest BCUT2D eigenvalue weighted by Gasteiger charge is 2.22. The van der Waals surface area contributed by atoms with Crippen LogP contribution in [0.1, 0.15) is 34.4 Å². The van der Waals surface area contributed by atoms with Crippen molar-refractivity contribution < 1.29 is 0 Å². The fourth-order valence-electron chi connectivity index (χ4n) is 3.60. The molecule has 2 N–H and O–H groups in total. The third kappa shape index (κ3) is 6.42. The molecule has 1 aromatic heterocycles. The minimum atomic E-state index is 0. The molecule has 0 bridgehead atoms. The Morgan fingerprint density at radius 2 is 2.07 bits per heavy atom. The molecular formula is C21H32IN5S. The first-order valence-corrected chi connectivity index (χ1v) is 10.7. The van der Waals surface area contributed by atoms with Gasteiger partial charge in [-0.1, -0.05) is 31.2 Å². The monoisotopic (exact) mass is 513 g/mol. The number of aryl methyl sites for hydroxylation is 1. The Kier molecular flexibility index (Phi) is 9.67. The molecule has 0 saturated heterocycles. The molecule has 1 unspecified atom stereocenters. The third-order valence-corrected chi connectivity index (χ3v) is 6.15. The van der Waals surface area contributed by atoms with E-state index in [0.29, 0.717) is 6.04 Å². The highest BCUT2D eigenvalue weighted by molar-refractivity contribution is 14.0. The Balaban J connectivity index is 0.00000280. The molecule has 0 saturated carbocycles. The van der Waals surface area contributed by atoms with Crippen LogP contribution in [0.5, 0.6) is 0 Å². The molecule has 1 aliphatic heterocycles. The van der Waals surface area contributed by atoms with Crippen LogP contribution in [0.15, 0.2) is 35.5 Å². The van der Waals surface area contributed by atoms with Crippen LogP contribution in [0.25, 0.3) is 0 Å². The molecule has 2 aromatic rings. The molecule has 1 aliphatic rings. The van der Waals surface area contributed by atoms with Gasteiger partial charge in [0.05, 0.1) is 5.01 Å². The van der Waals surface area contributed by atoms with Gasteiger partial charge in [-0.15, -0.1) is 35.3 Å². The van der Waals surface area contributed by atoms with Gasteiger partial charge in [-0.05, 0) is 30.9 Å². The second-order valence-electron chi connectivity index (χ2n) is 7.05.